The lowest BCUT2D eigenvalue weighted by molar-refractivity contribution is -0.149. The number of likely N-dealkylation sites (tertiary alicyclic amines) is 2. The van der Waals surface area contributed by atoms with Crippen molar-refractivity contribution in [3.8, 4) is 0 Å². The number of fused-ring (bicyclic) bond motifs is 2. The number of aliphatic hydroxyl groups excluding tert-OH is 1. The van der Waals surface area contributed by atoms with E-state index in [1.54, 1.807) is 94.3 Å². The van der Waals surface area contributed by atoms with Crippen LogP contribution in [0, 0.1) is 53.3 Å². The van der Waals surface area contributed by atoms with Crippen LogP contribution in [0.1, 0.15) is 189 Å². The Labute approximate surface area is 586 Å². The fourth-order valence-corrected chi connectivity index (χ4v) is 14.9. The summed E-state index contributed by atoms with van der Waals surface area (Å²) in [6.07, 6.45) is 6.94. The number of likely N-dealkylation sites (N-methyl/N-ethyl adjacent to an activating group) is 2. The molecule has 3 aliphatic rings. The van der Waals surface area contributed by atoms with Crippen LogP contribution in [0.3, 0.4) is 0 Å². The molecule has 8 N–H and O–H groups in total. The van der Waals surface area contributed by atoms with E-state index in [1.807, 2.05) is 33.9 Å². The number of methoxy groups -OCH3 is 2. The second-order valence-corrected chi connectivity index (χ2v) is 28.9. The molecule has 0 spiro atoms. The number of aliphatic carboxylic acids is 1. The molecule has 24 nitrogen and oxygen atoms in total. The van der Waals surface area contributed by atoms with E-state index in [-0.39, 0.29) is 136 Å². The van der Waals surface area contributed by atoms with Gasteiger partial charge < -0.3 is 55.9 Å². The lowest BCUT2D eigenvalue weighted by Crippen LogP contribution is -2.54. The maximum absolute atomic E-state index is 14.6. The highest BCUT2D eigenvalue weighted by Crippen LogP contribution is 2.43. The van der Waals surface area contributed by atoms with E-state index in [9.17, 15) is 57.8 Å². The quantitative estimate of drug-likeness (QED) is 0.0304. The average Bonchev–Trinajstić information content (AvgIpc) is 1.65. The molecule has 2 saturated heterocycles. The minimum atomic E-state index is -1.01. The number of carbonyl (C=O) groups is 11. The van der Waals surface area contributed by atoms with Gasteiger partial charge in [0.05, 0.1) is 48.7 Å². The Morgan fingerprint density at radius 3 is 2.06 bits per heavy atom. The van der Waals surface area contributed by atoms with Gasteiger partial charge in [0.15, 0.2) is 11.6 Å². The zero-order valence-corrected chi connectivity index (χ0v) is 60.9. The number of ether oxygens (including phenoxy) is 3. The molecule has 0 aromatic heterocycles. The van der Waals surface area contributed by atoms with E-state index >= 15 is 0 Å². The number of hydrogen-bond donors (Lipinski definition) is 7. The minimum absolute atomic E-state index is 0.00160. The van der Waals surface area contributed by atoms with Crippen LogP contribution in [0.5, 0.6) is 0 Å². The highest BCUT2D eigenvalue weighted by atomic mass is 16.5. The van der Waals surface area contributed by atoms with Crippen molar-refractivity contribution in [3.63, 3.8) is 0 Å². The lowest BCUT2D eigenvalue weighted by atomic mass is 9.83. The Kier molecular flexibility index (Phi) is 34.1. The van der Waals surface area contributed by atoms with Crippen LogP contribution in [-0.4, -0.2) is 180 Å². The molecule has 99 heavy (non-hydrogen) atoms. The maximum Gasteiger partial charge on any atom is 0.411 e. The van der Waals surface area contributed by atoms with E-state index in [2.05, 4.69) is 33.1 Å². The summed E-state index contributed by atoms with van der Waals surface area (Å²) in [4.78, 5) is 151. The Morgan fingerprint density at radius 2 is 1.45 bits per heavy atom. The molecule has 2 aromatic rings. The number of rotatable bonds is 45. The zero-order valence-electron chi connectivity index (χ0n) is 60.9. The van der Waals surface area contributed by atoms with Gasteiger partial charge in [0.2, 0.25) is 23.6 Å². The number of nitrogens with one attached hydrogen (secondary N) is 4. The molecule has 1 unspecified atom stereocenters. The van der Waals surface area contributed by atoms with Crippen molar-refractivity contribution in [1.29, 1.82) is 0 Å². The second kappa shape index (κ2) is 40.9. The van der Waals surface area contributed by atoms with Crippen molar-refractivity contribution >= 4 is 76.2 Å². The summed E-state index contributed by atoms with van der Waals surface area (Å²) >= 11 is 0. The first-order valence-electron chi connectivity index (χ1n) is 36.0. The largest absolute Gasteiger partial charge is 0.481 e. The van der Waals surface area contributed by atoms with E-state index in [4.69, 9.17) is 25.1 Å². The fourth-order valence-electron chi connectivity index (χ4n) is 14.9. The van der Waals surface area contributed by atoms with Gasteiger partial charge in [0.1, 0.15) is 18.2 Å². The van der Waals surface area contributed by atoms with Crippen molar-refractivity contribution in [3.05, 3.63) is 59.7 Å². The van der Waals surface area contributed by atoms with Crippen LogP contribution in [-0.2, 0) is 70.4 Å². The summed E-state index contributed by atoms with van der Waals surface area (Å²) in [5.74, 6) is -5.82. The number of carboxylic acid groups (broad SMARTS) is 1. The third-order valence-electron chi connectivity index (χ3n) is 20.9. The summed E-state index contributed by atoms with van der Waals surface area (Å²) in [5, 5.41) is 30.6. The van der Waals surface area contributed by atoms with E-state index < -0.39 is 83.9 Å². The monoisotopic (exact) mass is 1380 g/mol. The molecule has 5 rings (SSSR count). The summed E-state index contributed by atoms with van der Waals surface area (Å²) in [7, 11) is 6.92. The number of primary amides is 1. The molecule has 3 fully saturated rings. The first kappa shape index (κ1) is 82.5. The molecule has 2 aliphatic heterocycles. The molecule has 2 heterocycles. The van der Waals surface area contributed by atoms with Crippen LogP contribution in [0.15, 0.2) is 48.5 Å². The van der Waals surface area contributed by atoms with Crippen LogP contribution >= 0.6 is 0 Å². The molecule has 1 saturated carbocycles. The molecular weight excluding hydrogens is 1270 g/mol. The predicted molar refractivity (Wildman–Crippen MR) is 377 cm³/mol. The number of anilines is 2. The molecule has 2 aromatic carbocycles. The number of urea groups is 1. The van der Waals surface area contributed by atoms with Crippen molar-refractivity contribution in [2.75, 3.05) is 58.6 Å². The van der Waals surface area contributed by atoms with Crippen molar-refractivity contribution < 1.29 is 77.2 Å². The standard InChI is InChI=1S/C75H116N8O16/c1-13-47(6)68(82(10)72(92)59(45(2)3)41-63(88)69-53-29-32-57(39-53)81(69)9)64(97-11)42-66(90)83-34-20-25-60(83)70(98-12)49(8)61(86)38-52(43-84)36-51-21-18-23-56(37-51)79-75(96)99-44-50-27-30-55(31-28-50)78-71(91)54(22-19-33-77-74(76)95)40-62(87)67(46(4)5)80-65(89)26-17-15-14-16-24-58(85)35-48(7)73(93)94/h18,21,23,27-28,30-31,37,45-49,52-54,57,59-60,64,67-70,84H,13-17,19-20,22,24-26,29,32-36,38-44H2,1-12H3,(H,78,91)(H,79,96)(H,80,89)(H,93,94)(H3,76,77,95)/t47-,48?,49-,52+,53-,54+,57+,59-,60-,64+,67-,68-,69-,70+/m0/s1. The Balaban J connectivity index is 1.11. The molecule has 2 bridgehead atoms. The Hall–Kier alpha value is -7.15. The van der Waals surface area contributed by atoms with Crippen LogP contribution in [0.25, 0.3) is 0 Å². The van der Waals surface area contributed by atoms with Gasteiger partial charge in [-0.2, -0.15) is 0 Å². The highest BCUT2D eigenvalue weighted by molar-refractivity contribution is 5.97. The highest BCUT2D eigenvalue weighted by Gasteiger charge is 2.49. The van der Waals surface area contributed by atoms with Gasteiger partial charge >= 0.3 is 18.1 Å². The zero-order chi connectivity index (χ0) is 73.2. The van der Waals surface area contributed by atoms with E-state index in [1.165, 1.54) is 6.92 Å². The maximum atomic E-state index is 14.6. The van der Waals surface area contributed by atoms with E-state index in [0.717, 1.165) is 31.2 Å². The van der Waals surface area contributed by atoms with Gasteiger partial charge in [-0.3, -0.25) is 53.4 Å². The molecule has 0 radical (unpaired) electrons. The number of ketones is 4. The van der Waals surface area contributed by atoms with Crippen LogP contribution in [0.4, 0.5) is 21.0 Å². The Bertz CT molecular complexity index is 3010. The van der Waals surface area contributed by atoms with Gasteiger partial charge in [0, 0.05) is 115 Å². The molecule has 14 atom stereocenters. The molecular formula is C75H116N8O16. The fraction of sp³-hybridized carbons (Fsp3) is 0.693. The van der Waals surface area contributed by atoms with Crippen LogP contribution < -0.4 is 27.0 Å². The van der Waals surface area contributed by atoms with Gasteiger partial charge in [-0.1, -0.05) is 98.9 Å². The number of unbranched alkanes of at least 4 members (excludes halogenated alkanes) is 3. The summed E-state index contributed by atoms with van der Waals surface area (Å²) in [6.45, 7) is 15.2. The van der Waals surface area contributed by atoms with Crippen molar-refractivity contribution in [2.45, 2.75) is 233 Å². The normalized spacial score (nSPS) is 19.8. The number of amides is 7. The second-order valence-electron chi connectivity index (χ2n) is 28.9. The minimum Gasteiger partial charge on any atom is -0.481 e. The van der Waals surface area contributed by atoms with Gasteiger partial charge in [0.25, 0.3) is 0 Å². The number of benzene rings is 2. The average molecular weight is 1390 g/mol. The number of piperidine rings is 1. The Morgan fingerprint density at radius 1 is 0.758 bits per heavy atom. The van der Waals surface area contributed by atoms with Crippen LogP contribution in [0.2, 0.25) is 0 Å². The van der Waals surface area contributed by atoms with Gasteiger partial charge in [-0.25, -0.2) is 9.59 Å². The third-order valence-corrected chi connectivity index (χ3v) is 20.9. The molecule has 1 aliphatic carbocycles. The third kappa shape index (κ3) is 25.2. The topological polar surface area (TPSA) is 340 Å². The molecule has 552 valence electrons. The summed E-state index contributed by atoms with van der Waals surface area (Å²) in [5.41, 5.74) is 7.44. The van der Waals surface area contributed by atoms with Crippen molar-refractivity contribution in [1.82, 2.24) is 25.3 Å². The van der Waals surface area contributed by atoms with Gasteiger partial charge in [-0.15, -0.1) is 0 Å². The number of nitrogens with two attached hydrogens (primary N) is 1. The number of aliphatic hydroxyl groups is 1. The first-order valence-corrected chi connectivity index (χ1v) is 36.0. The first-order chi connectivity index (χ1) is 47.0. The van der Waals surface area contributed by atoms with Crippen molar-refractivity contribution in [2.24, 2.45) is 59.0 Å². The number of carboxylic acids is 1. The van der Waals surface area contributed by atoms with E-state index in [0.29, 0.717) is 86.8 Å². The predicted octanol–water partition coefficient (Wildman–Crippen LogP) is 9.30. The molecule has 7 amide bonds. The number of nitrogens with zero attached hydrogens (tertiary/aromatic N) is 3. The molecule has 24 heteroatoms. The number of Topliss-reactive ketones (excluding diaryl/α,β-unsaturated/α-hetero) is 4. The summed E-state index contributed by atoms with van der Waals surface area (Å²) in [6, 6.07) is 11.4. The number of carbonyl (C=O) groups excluding carboxylic acids is 10. The lowest BCUT2D eigenvalue weighted by Gasteiger charge is -2.41. The SMILES string of the molecule is CC[C@H](C)[C@@H]([C@@H](CC(=O)N1CCC[C@H]1[C@H](OC)[C@@H](C)C(=O)C[C@H](CO)Cc1cccc(NC(=O)OCc2ccc(NC(=O)[C@H](CCCNC(N)=O)CC(=O)[C@@H](NC(=O)CCCCCCC(=O)CC(C)C(=O)O)C(C)C)cc2)c1)OC)N(C)C(=O)[C@@H](CC(=O)[C@@H]1[C@H]2CC[C@H](C2)N1C)C(C)C. The summed E-state index contributed by atoms with van der Waals surface area (Å²) < 4.78 is 17.8. The smallest absolute Gasteiger partial charge is 0.411 e. The van der Waals surface area contributed by atoms with Gasteiger partial charge in [-0.05, 0) is 136 Å². The number of hydrogen-bond acceptors (Lipinski definition) is 16.